The minimum Gasteiger partial charge on any atom is -0.380 e. The Bertz CT molecular complexity index is 377. The number of hydrogen-bond acceptors (Lipinski definition) is 6. The van der Waals surface area contributed by atoms with Crippen LogP contribution in [0.5, 0.6) is 0 Å². The third-order valence-electron chi connectivity index (χ3n) is 2.31. The third-order valence-corrected chi connectivity index (χ3v) is 3.17. The lowest BCUT2D eigenvalue weighted by Gasteiger charge is -2.11. The molecule has 1 aromatic heterocycles. The van der Waals surface area contributed by atoms with Crippen molar-refractivity contribution in [2.75, 3.05) is 19.0 Å². The molecular formula is C11H20N4O2S. The number of nitrogens with zero attached hydrogens (tertiary/aromatic N) is 2. The Morgan fingerprint density at radius 1 is 1.50 bits per heavy atom. The lowest BCUT2D eigenvalue weighted by atomic mass is 10.1. The van der Waals surface area contributed by atoms with Crippen molar-refractivity contribution in [1.82, 2.24) is 10.2 Å². The number of nitrogens with one attached hydrogen (secondary N) is 1. The summed E-state index contributed by atoms with van der Waals surface area (Å²) >= 11 is 1.41. The van der Waals surface area contributed by atoms with Crippen LogP contribution in [0, 0.1) is 5.92 Å². The number of ether oxygens (including phenoxy) is 1. The van der Waals surface area contributed by atoms with Crippen molar-refractivity contribution in [3.63, 3.8) is 0 Å². The Morgan fingerprint density at radius 2 is 2.22 bits per heavy atom. The van der Waals surface area contributed by atoms with Crippen molar-refractivity contribution in [3.05, 3.63) is 5.01 Å². The molecule has 18 heavy (non-hydrogen) atoms. The molecule has 0 fully saturated rings. The summed E-state index contributed by atoms with van der Waals surface area (Å²) in [6.45, 7) is 4.55. The maximum atomic E-state index is 11.7. The Kier molecular flexibility index (Phi) is 6.17. The molecule has 0 saturated heterocycles. The Hall–Kier alpha value is -1.05. The molecule has 1 atom stereocenters. The van der Waals surface area contributed by atoms with Gasteiger partial charge >= 0.3 is 0 Å². The van der Waals surface area contributed by atoms with E-state index in [1.165, 1.54) is 18.4 Å². The average molecular weight is 272 g/mol. The first-order chi connectivity index (χ1) is 8.55. The van der Waals surface area contributed by atoms with Crippen LogP contribution in [0.4, 0.5) is 5.13 Å². The predicted molar refractivity (Wildman–Crippen MR) is 71.5 cm³/mol. The summed E-state index contributed by atoms with van der Waals surface area (Å²) in [6, 6.07) is 0. The monoisotopic (exact) mass is 272 g/mol. The summed E-state index contributed by atoms with van der Waals surface area (Å²) in [5, 5.41) is 12.1. The summed E-state index contributed by atoms with van der Waals surface area (Å²) in [7, 11) is 1.54. The van der Waals surface area contributed by atoms with E-state index in [9.17, 15) is 4.79 Å². The molecule has 1 amide bonds. The van der Waals surface area contributed by atoms with Crippen LogP contribution in [-0.4, -0.2) is 35.9 Å². The van der Waals surface area contributed by atoms with Crippen LogP contribution in [0.2, 0.25) is 0 Å². The maximum Gasteiger partial charge on any atom is 0.228 e. The van der Waals surface area contributed by atoms with E-state index in [0.29, 0.717) is 17.6 Å². The second-order valence-corrected chi connectivity index (χ2v) is 5.51. The third kappa shape index (κ3) is 5.07. The second kappa shape index (κ2) is 7.40. The molecule has 0 aliphatic rings. The van der Waals surface area contributed by atoms with Gasteiger partial charge in [-0.15, -0.1) is 10.2 Å². The van der Waals surface area contributed by atoms with Crippen molar-refractivity contribution < 1.29 is 9.53 Å². The van der Waals surface area contributed by atoms with Crippen LogP contribution in [0.15, 0.2) is 0 Å². The Labute approximate surface area is 111 Å². The molecule has 0 saturated carbocycles. The van der Waals surface area contributed by atoms with E-state index in [4.69, 9.17) is 10.5 Å². The first-order valence-electron chi connectivity index (χ1n) is 5.90. The number of methoxy groups -OCH3 is 1. The summed E-state index contributed by atoms with van der Waals surface area (Å²) < 4.78 is 5.05. The number of hydrogen-bond donors (Lipinski definition) is 2. The summed E-state index contributed by atoms with van der Waals surface area (Å²) in [6.07, 6.45) is 0.844. The molecule has 0 aromatic carbocycles. The van der Waals surface area contributed by atoms with E-state index in [-0.39, 0.29) is 18.4 Å². The lowest BCUT2D eigenvalue weighted by Crippen LogP contribution is -2.28. The van der Waals surface area contributed by atoms with Gasteiger partial charge in [0.15, 0.2) is 0 Å². The molecule has 0 aliphatic carbocycles. The van der Waals surface area contributed by atoms with E-state index in [2.05, 4.69) is 29.4 Å². The molecule has 1 heterocycles. The van der Waals surface area contributed by atoms with Gasteiger partial charge < -0.3 is 15.8 Å². The van der Waals surface area contributed by atoms with Crippen molar-refractivity contribution in [1.29, 1.82) is 0 Å². The highest BCUT2D eigenvalue weighted by molar-refractivity contribution is 7.15. The highest BCUT2D eigenvalue weighted by Gasteiger charge is 2.13. The number of carbonyl (C=O) groups excluding carboxylic acids is 1. The molecule has 1 unspecified atom stereocenters. The number of carbonyl (C=O) groups is 1. The van der Waals surface area contributed by atoms with Gasteiger partial charge in [0.1, 0.15) is 5.01 Å². The van der Waals surface area contributed by atoms with Crippen LogP contribution in [0.1, 0.15) is 25.3 Å². The van der Waals surface area contributed by atoms with Crippen LogP contribution in [0.25, 0.3) is 0 Å². The molecule has 7 heteroatoms. The van der Waals surface area contributed by atoms with Crippen molar-refractivity contribution in [2.24, 2.45) is 11.7 Å². The SMILES string of the molecule is COC(CN)CC(=O)Nc1nnc(CC(C)C)s1. The first kappa shape index (κ1) is 15.0. The van der Waals surface area contributed by atoms with Crippen LogP contribution in [0.3, 0.4) is 0 Å². The smallest absolute Gasteiger partial charge is 0.228 e. The van der Waals surface area contributed by atoms with Crippen LogP contribution in [-0.2, 0) is 16.0 Å². The van der Waals surface area contributed by atoms with Crippen molar-refractivity contribution in [2.45, 2.75) is 32.8 Å². The maximum absolute atomic E-state index is 11.7. The van der Waals surface area contributed by atoms with Crippen LogP contribution < -0.4 is 11.1 Å². The highest BCUT2D eigenvalue weighted by atomic mass is 32.1. The number of nitrogens with two attached hydrogens (primary N) is 1. The van der Waals surface area contributed by atoms with Crippen molar-refractivity contribution in [3.8, 4) is 0 Å². The normalized spacial score (nSPS) is 12.7. The average Bonchev–Trinajstić information content (AvgIpc) is 2.72. The molecule has 0 aliphatic heterocycles. The fourth-order valence-corrected chi connectivity index (χ4v) is 2.34. The zero-order valence-electron chi connectivity index (χ0n) is 11.0. The van der Waals surface area contributed by atoms with Gasteiger partial charge in [0, 0.05) is 20.1 Å². The molecular weight excluding hydrogens is 252 g/mol. The minimum absolute atomic E-state index is 0.153. The van der Waals surface area contributed by atoms with Gasteiger partial charge in [-0.25, -0.2) is 0 Å². The highest BCUT2D eigenvalue weighted by Crippen LogP contribution is 2.18. The van der Waals surface area contributed by atoms with Gasteiger partial charge in [-0.3, -0.25) is 4.79 Å². The molecule has 1 rings (SSSR count). The zero-order valence-corrected chi connectivity index (χ0v) is 11.8. The quantitative estimate of drug-likeness (QED) is 0.774. The fourth-order valence-electron chi connectivity index (χ4n) is 1.38. The van der Waals surface area contributed by atoms with Crippen LogP contribution >= 0.6 is 11.3 Å². The number of amides is 1. The standard InChI is InChI=1S/C11H20N4O2S/c1-7(2)4-10-14-15-11(18-10)13-9(16)5-8(6-12)17-3/h7-8H,4-6,12H2,1-3H3,(H,13,15,16). The first-order valence-corrected chi connectivity index (χ1v) is 6.71. The molecule has 1 aromatic rings. The molecule has 102 valence electrons. The van der Waals surface area contributed by atoms with E-state index < -0.39 is 0 Å². The Balaban J connectivity index is 2.46. The van der Waals surface area contributed by atoms with Gasteiger partial charge in [-0.1, -0.05) is 25.2 Å². The minimum atomic E-state index is -0.256. The van der Waals surface area contributed by atoms with Gasteiger partial charge in [0.25, 0.3) is 0 Å². The molecule has 0 bridgehead atoms. The summed E-state index contributed by atoms with van der Waals surface area (Å²) in [4.78, 5) is 11.7. The van der Waals surface area contributed by atoms with Crippen molar-refractivity contribution >= 4 is 22.4 Å². The number of rotatable bonds is 7. The topological polar surface area (TPSA) is 90.1 Å². The summed E-state index contributed by atoms with van der Waals surface area (Å²) in [5.41, 5.74) is 5.45. The predicted octanol–water partition coefficient (Wildman–Crippen LogP) is 1.04. The number of anilines is 1. The zero-order chi connectivity index (χ0) is 13.5. The van der Waals surface area contributed by atoms with Gasteiger partial charge in [-0.2, -0.15) is 0 Å². The largest absolute Gasteiger partial charge is 0.380 e. The van der Waals surface area contributed by atoms with Gasteiger partial charge in [0.05, 0.1) is 12.5 Å². The van der Waals surface area contributed by atoms with E-state index in [1.807, 2.05) is 0 Å². The van der Waals surface area contributed by atoms with Gasteiger partial charge in [0.2, 0.25) is 11.0 Å². The Morgan fingerprint density at radius 3 is 2.78 bits per heavy atom. The molecule has 3 N–H and O–H groups in total. The molecule has 6 nitrogen and oxygen atoms in total. The van der Waals surface area contributed by atoms with E-state index in [1.54, 1.807) is 0 Å². The lowest BCUT2D eigenvalue weighted by molar-refractivity contribution is -0.118. The summed E-state index contributed by atoms with van der Waals surface area (Å²) in [5.74, 6) is 0.371. The fraction of sp³-hybridized carbons (Fsp3) is 0.727. The molecule has 0 radical (unpaired) electrons. The van der Waals surface area contributed by atoms with E-state index in [0.717, 1.165) is 11.4 Å². The van der Waals surface area contributed by atoms with E-state index >= 15 is 0 Å². The second-order valence-electron chi connectivity index (χ2n) is 4.44. The molecule has 0 spiro atoms. The number of aromatic nitrogens is 2. The van der Waals surface area contributed by atoms with Gasteiger partial charge in [-0.05, 0) is 5.92 Å².